The van der Waals surface area contributed by atoms with Crippen molar-refractivity contribution >= 4 is 16.7 Å². The molecule has 1 aromatic heterocycles. The fourth-order valence-corrected chi connectivity index (χ4v) is 2.61. The molecule has 1 heterocycles. The van der Waals surface area contributed by atoms with Gasteiger partial charge in [0.1, 0.15) is 0 Å². The number of nitrogens with zero attached hydrogens (tertiary/aromatic N) is 1. The number of ketones is 1. The molecule has 0 saturated heterocycles. The number of Topliss-reactive ketones (excluding diaryl/α,β-unsaturated/α-hetero) is 1. The van der Waals surface area contributed by atoms with Crippen LogP contribution in [0.5, 0.6) is 0 Å². The highest BCUT2D eigenvalue weighted by Crippen LogP contribution is 2.31. The minimum absolute atomic E-state index is 0.279. The quantitative estimate of drug-likeness (QED) is 0.760. The normalized spacial score (nSPS) is 15.6. The van der Waals surface area contributed by atoms with Crippen LogP contribution in [0.25, 0.3) is 10.9 Å². The first-order chi connectivity index (χ1) is 8.74. The van der Waals surface area contributed by atoms with Crippen molar-refractivity contribution in [1.29, 1.82) is 0 Å². The summed E-state index contributed by atoms with van der Waals surface area (Å²) in [6, 6.07) is 9.84. The molecular formula is C16H17NO. The molecule has 1 aromatic carbocycles. The fraction of sp³-hybridized carbons (Fsp3) is 0.375. The Kier molecular flexibility index (Phi) is 2.86. The number of benzene rings is 1. The second kappa shape index (κ2) is 4.52. The summed E-state index contributed by atoms with van der Waals surface area (Å²) in [6.07, 6.45) is 4.42. The number of fused-ring (bicyclic) bond motifs is 1. The largest absolute Gasteiger partial charge is 0.294 e. The second-order valence-electron chi connectivity index (χ2n) is 5.25. The Bertz CT molecular complexity index is 599. The van der Waals surface area contributed by atoms with Crippen molar-refractivity contribution in [3.63, 3.8) is 0 Å². The lowest BCUT2D eigenvalue weighted by molar-refractivity contribution is 0.0938. The molecule has 0 atom stereocenters. The van der Waals surface area contributed by atoms with Gasteiger partial charge < -0.3 is 0 Å². The molecule has 0 spiro atoms. The third-order valence-corrected chi connectivity index (χ3v) is 3.84. The van der Waals surface area contributed by atoms with Gasteiger partial charge in [0.25, 0.3) is 0 Å². The van der Waals surface area contributed by atoms with Crippen LogP contribution in [0.1, 0.15) is 41.7 Å². The molecule has 0 radical (unpaired) electrons. The summed E-state index contributed by atoms with van der Waals surface area (Å²) in [5, 5.41) is 0.993. The smallest absolute Gasteiger partial charge is 0.163 e. The van der Waals surface area contributed by atoms with E-state index >= 15 is 0 Å². The minimum Gasteiger partial charge on any atom is -0.294 e. The van der Waals surface area contributed by atoms with Crippen LogP contribution in [0.3, 0.4) is 0 Å². The minimum atomic E-state index is 0.279. The number of aromatic nitrogens is 1. The van der Waals surface area contributed by atoms with E-state index in [4.69, 9.17) is 0 Å². The maximum Gasteiger partial charge on any atom is 0.163 e. The van der Waals surface area contributed by atoms with Crippen LogP contribution in [0.15, 0.2) is 30.3 Å². The van der Waals surface area contributed by atoms with E-state index in [0.717, 1.165) is 22.2 Å². The number of pyridine rings is 1. The van der Waals surface area contributed by atoms with Gasteiger partial charge in [0.2, 0.25) is 0 Å². The molecule has 0 amide bonds. The number of carbonyl (C=O) groups excluding carboxylic acids is 1. The first kappa shape index (κ1) is 11.4. The van der Waals surface area contributed by atoms with Crippen LogP contribution in [0, 0.1) is 12.8 Å². The molecule has 2 nitrogen and oxygen atoms in total. The van der Waals surface area contributed by atoms with E-state index in [9.17, 15) is 4.79 Å². The van der Waals surface area contributed by atoms with Gasteiger partial charge in [0.15, 0.2) is 5.78 Å². The van der Waals surface area contributed by atoms with Crippen molar-refractivity contribution < 1.29 is 4.79 Å². The Morgan fingerprint density at radius 1 is 1.33 bits per heavy atom. The van der Waals surface area contributed by atoms with Gasteiger partial charge in [-0.15, -0.1) is 0 Å². The van der Waals surface area contributed by atoms with Crippen molar-refractivity contribution in [3.05, 3.63) is 41.6 Å². The molecule has 1 fully saturated rings. The average molecular weight is 239 g/mol. The van der Waals surface area contributed by atoms with E-state index in [1.165, 1.54) is 19.3 Å². The molecule has 2 aromatic rings. The van der Waals surface area contributed by atoms with Crippen LogP contribution in [-0.4, -0.2) is 10.8 Å². The molecule has 1 aliphatic rings. The summed E-state index contributed by atoms with van der Waals surface area (Å²) in [5.41, 5.74) is 2.70. The zero-order valence-electron chi connectivity index (χ0n) is 10.6. The van der Waals surface area contributed by atoms with E-state index in [2.05, 4.69) is 4.98 Å². The zero-order valence-corrected chi connectivity index (χ0v) is 10.6. The first-order valence-corrected chi connectivity index (χ1v) is 6.63. The maximum absolute atomic E-state index is 12.4. The van der Waals surface area contributed by atoms with Gasteiger partial charge in [-0.1, -0.05) is 37.5 Å². The Balaban J connectivity index is 2.01. The third kappa shape index (κ3) is 2.03. The van der Waals surface area contributed by atoms with Gasteiger partial charge in [-0.2, -0.15) is 0 Å². The van der Waals surface area contributed by atoms with Gasteiger partial charge in [0, 0.05) is 23.1 Å². The lowest BCUT2D eigenvalue weighted by atomic mass is 9.80. The lowest BCUT2D eigenvalue weighted by Gasteiger charge is -2.24. The summed E-state index contributed by atoms with van der Waals surface area (Å²) in [4.78, 5) is 16.9. The Hall–Kier alpha value is -1.70. The summed E-state index contributed by atoms with van der Waals surface area (Å²) < 4.78 is 0. The van der Waals surface area contributed by atoms with Crippen LogP contribution in [0.2, 0.25) is 0 Å². The topological polar surface area (TPSA) is 30.0 Å². The van der Waals surface area contributed by atoms with Crippen molar-refractivity contribution in [2.75, 3.05) is 0 Å². The second-order valence-corrected chi connectivity index (χ2v) is 5.25. The molecule has 2 heteroatoms. The summed E-state index contributed by atoms with van der Waals surface area (Å²) >= 11 is 0. The van der Waals surface area contributed by atoms with E-state index in [1.54, 1.807) is 0 Å². The van der Waals surface area contributed by atoms with Crippen LogP contribution >= 0.6 is 0 Å². The van der Waals surface area contributed by atoms with Gasteiger partial charge in [-0.05, 0) is 25.0 Å². The van der Waals surface area contributed by atoms with Crippen molar-refractivity contribution in [2.24, 2.45) is 5.92 Å². The molecule has 0 aliphatic heterocycles. The van der Waals surface area contributed by atoms with Gasteiger partial charge in [-0.3, -0.25) is 9.78 Å². The van der Waals surface area contributed by atoms with Gasteiger partial charge in [-0.25, -0.2) is 0 Å². The molecule has 0 unspecified atom stereocenters. The number of rotatable bonds is 3. The highest BCUT2D eigenvalue weighted by atomic mass is 16.1. The zero-order chi connectivity index (χ0) is 12.5. The van der Waals surface area contributed by atoms with Crippen molar-refractivity contribution in [1.82, 2.24) is 4.98 Å². The van der Waals surface area contributed by atoms with Gasteiger partial charge in [0.05, 0.1) is 5.52 Å². The van der Waals surface area contributed by atoms with Crippen molar-refractivity contribution in [2.45, 2.75) is 32.6 Å². The Morgan fingerprint density at radius 2 is 2.11 bits per heavy atom. The van der Waals surface area contributed by atoms with Crippen molar-refractivity contribution in [3.8, 4) is 0 Å². The highest BCUT2D eigenvalue weighted by Gasteiger charge is 2.22. The third-order valence-electron chi connectivity index (χ3n) is 3.84. The van der Waals surface area contributed by atoms with E-state index in [0.29, 0.717) is 12.3 Å². The van der Waals surface area contributed by atoms with Crippen LogP contribution in [-0.2, 0) is 0 Å². The Labute approximate surface area is 107 Å². The van der Waals surface area contributed by atoms with E-state index in [1.807, 2.05) is 37.3 Å². The van der Waals surface area contributed by atoms with E-state index in [-0.39, 0.29) is 5.78 Å². The molecule has 0 N–H and O–H groups in total. The number of para-hydroxylation sites is 1. The molecule has 1 saturated carbocycles. The SMILES string of the molecule is Cc1cc(C(=O)CC2CCC2)c2ccccc2n1. The van der Waals surface area contributed by atoms with Gasteiger partial charge >= 0.3 is 0 Å². The summed E-state index contributed by atoms with van der Waals surface area (Å²) in [5.74, 6) is 0.895. The molecule has 0 bridgehead atoms. The fourth-order valence-electron chi connectivity index (χ4n) is 2.61. The Morgan fingerprint density at radius 3 is 2.83 bits per heavy atom. The number of carbonyl (C=O) groups is 1. The molecular weight excluding hydrogens is 222 g/mol. The molecule has 3 rings (SSSR count). The number of hydrogen-bond donors (Lipinski definition) is 0. The summed E-state index contributed by atoms with van der Waals surface area (Å²) in [7, 11) is 0. The monoisotopic (exact) mass is 239 g/mol. The number of aryl methyl sites for hydroxylation is 1. The van der Waals surface area contributed by atoms with E-state index < -0.39 is 0 Å². The maximum atomic E-state index is 12.4. The molecule has 92 valence electrons. The summed E-state index contributed by atoms with van der Waals surface area (Å²) in [6.45, 7) is 1.95. The number of hydrogen-bond acceptors (Lipinski definition) is 2. The van der Waals surface area contributed by atoms with Crippen LogP contribution < -0.4 is 0 Å². The predicted molar refractivity (Wildman–Crippen MR) is 72.8 cm³/mol. The van der Waals surface area contributed by atoms with Crippen LogP contribution in [0.4, 0.5) is 0 Å². The first-order valence-electron chi connectivity index (χ1n) is 6.63. The molecule has 18 heavy (non-hydrogen) atoms. The molecule has 1 aliphatic carbocycles. The lowest BCUT2D eigenvalue weighted by Crippen LogP contribution is -2.16. The predicted octanol–water partition coefficient (Wildman–Crippen LogP) is 3.92. The average Bonchev–Trinajstić information content (AvgIpc) is 2.32. The highest BCUT2D eigenvalue weighted by molar-refractivity contribution is 6.07. The standard InChI is InChI=1S/C16H17NO/c1-11-9-14(16(18)10-12-5-4-6-12)13-7-2-3-8-15(13)17-11/h2-3,7-9,12H,4-6,10H2,1H3.